The zero-order chi connectivity index (χ0) is 8.85. The third-order valence-corrected chi connectivity index (χ3v) is 2.25. The van der Waals surface area contributed by atoms with Crippen molar-refractivity contribution in [3.63, 3.8) is 0 Å². The molecule has 0 aromatic carbocycles. The maximum atomic E-state index is 5.76. The summed E-state index contributed by atoms with van der Waals surface area (Å²) in [6, 6.07) is 1.14. The van der Waals surface area contributed by atoms with Gasteiger partial charge in [-0.2, -0.15) is 0 Å². The van der Waals surface area contributed by atoms with Crippen LogP contribution in [-0.2, 0) is 0 Å². The third kappa shape index (κ3) is 3.73. The van der Waals surface area contributed by atoms with Crippen molar-refractivity contribution in [3.8, 4) is 0 Å². The number of piperidine rings is 1. The molecule has 0 aromatic heterocycles. The van der Waals surface area contributed by atoms with Gasteiger partial charge in [0.15, 0.2) is 0 Å². The molecule has 2 N–H and O–H groups in total. The standard InChI is InChI=1S/C7H16N2.C2H6/c1-6-5-7(8)3-4-9(6)2;1-2/h6-7H,3-5,8H2,1-2H3;1-2H3. The molecule has 68 valence electrons. The molecule has 1 aliphatic rings. The van der Waals surface area contributed by atoms with E-state index in [4.69, 9.17) is 5.73 Å². The van der Waals surface area contributed by atoms with Gasteiger partial charge in [-0.1, -0.05) is 13.8 Å². The van der Waals surface area contributed by atoms with Crippen molar-refractivity contribution in [1.82, 2.24) is 4.90 Å². The second-order valence-electron chi connectivity index (χ2n) is 3.11. The second kappa shape index (κ2) is 5.56. The summed E-state index contributed by atoms with van der Waals surface area (Å²) < 4.78 is 0. The van der Waals surface area contributed by atoms with Gasteiger partial charge in [0.25, 0.3) is 0 Å². The molecule has 0 bridgehead atoms. The van der Waals surface area contributed by atoms with Crippen LogP contribution < -0.4 is 5.73 Å². The largest absolute Gasteiger partial charge is 0.328 e. The van der Waals surface area contributed by atoms with Crippen LogP contribution in [0, 0.1) is 0 Å². The monoisotopic (exact) mass is 158 g/mol. The van der Waals surface area contributed by atoms with Gasteiger partial charge in [-0.05, 0) is 33.4 Å². The molecule has 0 aromatic rings. The minimum Gasteiger partial charge on any atom is -0.328 e. The lowest BCUT2D eigenvalue weighted by atomic mass is 10.0. The Morgan fingerprint density at radius 2 is 1.91 bits per heavy atom. The molecule has 0 radical (unpaired) electrons. The summed E-state index contributed by atoms with van der Waals surface area (Å²) in [4.78, 5) is 2.36. The Bertz CT molecular complexity index is 93.6. The molecule has 1 fully saturated rings. The maximum Gasteiger partial charge on any atom is 0.00786 e. The van der Waals surface area contributed by atoms with Crippen molar-refractivity contribution in [2.24, 2.45) is 5.73 Å². The molecule has 1 heterocycles. The van der Waals surface area contributed by atoms with E-state index < -0.39 is 0 Å². The lowest BCUT2D eigenvalue weighted by molar-refractivity contribution is 0.184. The summed E-state index contributed by atoms with van der Waals surface area (Å²) in [5.41, 5.74) is 5.76. The molecular formula is C9H22N2. The third-order valence-electron chi connectivity index (χ3n) is 2.25. The van der Waals surface area contributed by atoms with E-state index in [9.17, 15) is 0 Å². The van der Waals surface area contributed by atoms with Crippen molar-refractivity contribution in [2.45, 2.75) is 45.7 Å². The number of rotatable bonds is 0. The highest BCUT2D eigenvalue weighted by Gasteiger charge is 2.18. The van der Waals surface area contributed by atoms with E-state index in [0.717, 1.165) is 6.42 Å². The van der Waals surface area contributed by atoms with Crippen LogP contribution in [0.3, 0.4) is 0 Å². The van der Waals surface area contributed by atoms with Crippen molar-refractivity contribution >= 4 is 0 Å². The molecule has 0 aliphatic carbocycles. The van der Waals surface area contributed by atoms with E-state index in [1.165, 1.54) is 13.0 Å². The van der Waals surface area contributed by atoms with Crippen LogP contribution in [0.5, 0.6) is 0 Å². The average Bonchev–Trinajstić information content (AvgIpc) is 2.02. The Morgan fingerprint density at radius 3 is 2.27 bits per heavy atom. The Kier molecular flexibility index (Phi) is 5.51. The van der Waals surface area contributed by atoms with Gasteiger partial charge >= 0.3 is 0 Å². The molecule has 2 atom stereocenters. The van der Waals surface area contributed by atoms with E-state index in [0.29, 0.717) is 12.1 Å². The van der Waals surface area contributed by atoms with Crippen LogP contribution in [0.15, 0.2) is 0 Å². The second-order valence-corrected chi connectivity index (χ2v) is 3.11. The molecule has 1 aliphatic heterocycles. The summed E-state index contributed by atoms with van der Waals surface area (Å²) in [5, 5.41) is 0. The summed E-state index contributed by atoms with van der Waals surface area (Å²) in [6.07, 6.45) is 2.33. The van der Waals surface area contributed by atoms with Gasteiger partial charge in [-0.3, -0.25) is 0 Å². The first-order valence-electron chi connectivity index (χ1n) is 4.66. The summed E-state index contributed by atoms with van der Waals surface area (Å²) >= 11 is 0. The first-order valence-corrected chi connectivity index (χ1v) is 4.66. The highest BCUT2D eigenvalue weighted by molar-refractivity contribution is 4.78. The van der Waals surface area contributed by atoms with E-state index >= 15 is 0 Å². The zero-order valence-corrected chi connectivity index (χ0v) is 8.30. The zero-order valence-electron chi connectivity index (χ0n) is 8.30. The maximum absolute atomic E-state index is 5.76. The fourth-order valence-electron chi connectivity index (χ4n) is 1.33. The van der Waals surface area contributed by atoms with Crippen LogP contribution in [0.2, 0.25) is 0 Å². The van der Waals surface area contributed by atoms with Gasteiger partial charge in [0.1, 0.15) is 0 Å². The summed E-state index contributed by atoms with van der Waals surface area (Å²) in [6.45, 7) is 7.40. The summed E-state index contributed by atoms with van der Waals surface area (Å²) in [5.74, 6) is 0. The topological polar surface area (TPSA) is 29.3 Å². The van der Waals surface area contributed by atoms with Crippen LogP contribution in [0.4, 0.5) is 0 Å². The molecule has 1 rings (SSSR count). The van der Waals surface area contributed by atoms with Gasteiger partial charge in [0, 0.05) is 12.1 Å². The molecule has 2 heteroatoms. The van der Waals surface area contributed by atoms with Crippen molar-refractivity contribution in [1.29, 1.82) is 0 Å². The molecule has 0 saturated carbocycles. The van der Waals surface area contributed by atoms with Gasteiger partial charge in [0.2, 0.25) is 0 Å². The SMILES string of the molecule is CC.CC1CC(N)CCN1C. The average molecular weight is 158 g/mol. The lowest BCUT2D eigenvalue weighted by Gasteiger charge is -2.33. The Morgan fingerprint density at radius 1 is 1.36 bits per heavy atom. The molecule has 2 unspecified atom stereocenters. The Balaban J connectivity index is 0.000000461. The molecule has 0 spiro atoms. The quantitative estimate of drug-likeness (QED) is 0.578. The number of nitrogens with two attached hydrogens (primary N) is 1. The molecule has 0 amide bonds. The van der Waals surface area contributed by atoms with E-state index in [1.807, 2.05) is 13.8 Å². The van der Waals surface area contributed by atoms with Gasteiger partial charge in [-0.15, -0.1) is 0 Å². The predicted octanol–water partition coefficient (Wildman–Crippen LogP) is 1.45. The van der Waals surface area contributed by atoms with Crippen molar-refractivity contribution < 1.29 is 0 Å². The van der Waals surface area contributed by atoms with E-state index in [2.05, 4.69) is 18.9 Å². The van der Waals surface area contributed by atoms with Crippen molar-refractivity contribution in [3.05, 3.63) is 0 Å². The van der Waals surface area contributed by atoms with E-state index in [1.54, 1.807) is 0 Å². The van der Waals surface area contributed by atoms with Gasteiger partial charge in [-0.25, -0.2) is 0 Å². The molecule has 1 saturated heterocycles. The van der Waals surface area contributed by atoms with Gasteiger partial charge < -0.3 is 10.6 Å². The van der Waals surface area contributed by atoms with Crippen LogP contribution in [0.25, 0.3) is 0 Å². The number of hydrogen-bond donors (Lipinski definition) is 1. The van der Waals surface area contributed by atoms with Crippen LogP contribution in [0.1, 0.15) is 33.6 Å². The van der Waals surface area contributed by atoms with E-state index in [-0.39, 0.29) is 0 Å². The highest BCUT2D eigenvalue weighted by Crippen LogP contribution is 2.12. The molecule has 11 heavy (non-hydrogen) atoms. The van der Waals surface area contributed by atoms with Crippen LogP contribution in [-0.4, -0.2) is 30.6 Å². The first-order chi connectivity index (χ1) is 5.20. The summed E-state index contributed by atoms with van der Waals surface area (Å²) in [7, 11) is 2.16. The Labute approximate surface area is 70.8 Å². The lowest BCUT2D eigenvalue weighted by Crippen LogP contribution is -2.43. The number of nitrogens with zero attached hydrogens (tertiary/aromatic N) is 1. The predicted molar refractivity (Wildman–Crippen MR) is 50.6 cm³/mol. The smallest absolute Gasteiger partial charge is 0.00786 e. The molecular weight excluding hydrogens is 136 g/mol. The normalized spacial score (nSPS) is 32.5. The molecule has 2 nitrogen and oxygen atoms in total. The first kappa shape index (κ1) is 10.9. The fraction of sp³-hybridized carbons (Fsp3) is 1.00. The highest BCUT2D eigenvalue weighted by atomic mass is 15.1. The van der Waals surface area contributed by atoms with Crippen LogP contribution >= 0.6 is 0 Å². The minimum atomic E-state index is 0.455. The fourth-order valence-corrected chi connectivity index (χ4v) is 1.33. The Hall–Kier alpha value is -0.0800. The number of likely N-dealkylation sites (tertiary alicyclic amines) is 1. The van der Waals surface area contributed by atoms with Crippen molar-refractivity contribution in [2.75, 3.05) is 13.6 Å². The van der Waals surface area contributed by atoms with Gasteiger partial charge in [0.05, 0.1) is 0 Å². The minimum absolute atomic E-state index is 0.455. The number of hydrogen-bond acceptors (Lipinski definition) is 2.